The quantitative estimate of drug-likeness (QED) is 0.728. The van der Waals surface area contributed by atoms with Gasteiger partial charge in [-0.3, -0.25) is 9.59 Å². The van der Waals surface area contributed by atoms with Gasteiger partial charge in [-0.05, 0) is 43.2 Å². The highest BCUT2D eigenvalue weighted by Gasteiger charge is 2.31. The standard InChI is InChI=1S/C18H17F3N4O3/c19-18(20,21)11-1-8-16(27)25(9-11)10-15(26)22-12-2-4-13(5-3-12)23-17(28)24-14-6-7-14/h1-5,8-9,14H,6-7,10H2,(H,22,26)(H2,23,24,28). The number of pyridine rings is 1. The third-order valence-electron chi connectivity index (χ3n) is 3.96. The summed E-state index contributed by atoms with van der Waals surface area (Å²) in [4.78, 5) is 35.4. The topological polar surface area (TPSA) is 92.2 Å². The number of hydrogen-bond donors (Lipinski definition) is 3. The minimum atomic E-state index is -4.61. The first-order chi connectivity index (χ1) is 13.2. The molecular formula is C18H17F3N4O3. The van der Waals surface area contributed by atoms with Gasteiger partial charge in [0.15, 0.2) is 0 Å². The monoisotopic (exact) mass is 394 g/mol. The van der Waals surface area contributed by atoms with E-state index in [-0.39, 0.29) is 12.1 Å². The van der Waals surface area contributed by atoms with Gasteiger partial charge in [-0.15, -0.1) is 0 Å². The van der Waals surface area contributed by atoms with Crippen LogP contribution in [0, 0.1) is 0 Å². The zero-order chi connectivity index (χ0) is 20.3. The van der Waals surface area contributed by atoms with Gasteiger partial charge in [0.25, 0.3) is 5.56 Å². The Morgan fingerprint density at radius 3 is 2.18 bits per heavy atom. The first-order valence-electron chi connectivity index (χ1n) is 8.46. The Morgan fingerprint density at radius 1 is 1.00 bits per heavy atom. The Hall–Kier alpha value is -3.30. The van der Waals surface area contributed by atoms with Crippen LogP contribution in [-0.4, -0.2) is 22.5 Å². The summed E-state index contributed by atoms with van der Waals surface area (Å²) in [5.41, 5.74) is -0.840. The van der Waals surface area contributed by atoms with Gasteiger partial charge >= 0.3 is 12.2 Å². The summed E-state index contributed by atoms with van der Waals surface area (Å²) in [6.45, 7) is -0.563. The SMILES string of the molecule is O=C(Cn1cc(C(F)(F)F)ccc1=O)Nc1ccc(NC(=O)NC2CC2)cc1. The molecule has 0 atom stereocenters. The van der Waals surface area contributed by atoms with Crippen molar-refractivity contribution in [3.63, 3.8) is 0 Å². The van der Waals surface area contributed by atoms with E-state index in [9.17, 15) is 27.6 Å². The van der Waals surface area contributed by atoms with E-state index in [4.69, 9.17) is 0 Å². The van der Waals surface area contributed by atoms with E-state index < -0.39 is 29.8 Å². The zero-order valence-electron chi connectivity index (χ0n) is 14.5. The molecule has 1 aromatic heterocycles. The summed E-state index contributed by atoms with van der Waals surface area (Å²) in [5.74, 6) is -0.659. The first-order valence-corrected chi connectivity index (χ1v) is 8.46. The molecule has 3 amide bonds. The molecule has 1 fully saturated rings. The second kappa shape index (κ2) is 7.75. The van der Waals surface area contributed by atoms with Crippen LogP contribution in [0.2, 0.25) is 0 Å². The number of carbonyl (C=O) groups excluding carboxylic acids is 2. The number of urea groups is 1. The molecule has 0 bridgehead atoms. The Labute approximate surface area is 157 Å². The smallest absolute Gasteiger partial charge is 0.335 e. The second-order valence-electron chi connectivity index (χ2n) is 6.38. The Morgan fingerprint density at radius 2 is 1.61 bits per heavy atom. The van der Waals surface area contributed by atoms with Crippen LogP contribution in [0.5, 0.6) is 0 Å². The number of alkyl halides is 3. The van der Waals surface area contributed by atoms with Crippen molar-refractivity contribution < 1.29 is 22.8 Å². The van der Waals surface area contributed by atoms with Crippen LogP contribution in [-0.2, 0) is 17.5 Å². The number of nitrogens with one attached hydrogen (secondary N) is 3. The molecule has 10 heteroatoms. The maximum absolute atomic E-state index is 12.7. The predicted molar refractivity (Wildman–Crippen MR) is 96.0 cm³/mol. The zero-order valence-corrected chi connectivity index (χ0v) is 14.5. The van der Waals surface area contributed by atoms with Gasteiger partial charge in [0, 0.05) is 29.7 Å². The van der Waals surface area contributed by atoms with Crippen molar-refractivity contribution in [3.8, 4) is 0 Å². The highest BCUT2D eigenvalue weighted by molar-refractivity contribution is 5.92. The highest BCUT2D eigenvalue weighted by Crippen LogP contribution is 2.28. The van der Waals surface area contributed by atoms with Gasteiger partial charge in [0.05, 0.1) is 5.56 Å². The third-order valence-corrected chi connectivity index (χ3v) is 3.96. The van der Waals surface area contributed by atoms with Crippen molar-refractivity contribution in [1.82, 2.24) is 9.88 Å². The minimum absolute atomic E-state index is 0.220. The highest BCUT2D eigenvalue weighted by atomic mass is 19.4. The normalized spacial score (nSPS) is 13.7. The van der Waals surface area contributed by atoms with Gasteiger partial charge in [-0.25, -0.2) is 4.79 Å². The Balaban J connectivity index is 1.59. The van der Waals surface area contributed by atoms with E-state index in [1.54, 1.807) is 12.1 Å². The van der Waals surface area contributed by atoms with Crippen molar-refractivity contribution >= 4 is 23.3 Å². The van der Waals surface area contributed by atoms with Crippen molar-refractivity contribution in [3.05, 3.63) is 58.5 Å². The van der Waals surface area contributed by atoms with Crippen LogP contribution in [0.3, 0.4) is 0 Å². The van der Waals surface area contributed by atoms with E-state index in [1.807, 2.05) is 0 Å². The fourth-order valence-electron chi connectivity index (χ4n) is 2.39. The predicted octanol–water partition coefficient (Wildman–Crippen LogP) is 2.79. The second-order valence-corrected chi connectivity index (χ2v) is 6.38. The maximum Gasteiger partial charge on any atom is 0.417 e. The molecule has 1 aliphatic rings. The van der Waals surface area contributed by atoms with Crippen LogP contribution in [0.25, 0.3) is 0 Å². The molecule has 28 heavy (non-hydrogen) atoms. The van der Waals surface area contributed by atoms with Gasteiger partial charge in [-0.1, -0.05) is 0 Å². The lowest BCUT2D eigenvalue weighted by Crippen LogP contribution is -2.30. The van der Waals surface area contributed by atoms with Crippen LogP contribution in [0.1, 0.15) is 18.4 Å². The fourth-order valence-corrected chi connectivity index (χ4v) is 2.39. The molecular weight excluding hydrogens is 377 g/mol. The molecule has 0 radical (unpaired) electrons. The molecule has 0 aliphatic heterocycles. The lowest BCUT2D eigenvalue weighted by atomic mass is 10.2. The number of nitrogens with zero attached hydrogens (tertiary/aromatic N) is 1. The van der Waals surface area contributed by atoms with Crippen LogP contribution in [0.4, 0.5) is 29.3 Å². The molecule has 2 aromatic rings. The molecule has 1 aromatic carbocycles. The number of hydrogen-bond acceptors (Lipinski definition) is 3. The molecule has 3 N–H and O–H groups in total. The molecule has 148 valence electrons. The average molecular weight is 394 g/mol. The van der Waals surface area contributed by atoms with E-state index in [0.29, 0.717) is 28.2 Å². The summed E-state index contributed by atoms with van der Waals surface area (Å²) in [6, 6.07) is 7.53. The van der Waals surface area contributed by atoms with Crippen LogP contribution < -0.4 is 21.5 Å². The summed E-state index contributed by atoms with van der Waals surface area (Å²) in [7, 11) is 0. The lowest BCUT2D eigenvalue weighted by Gasteiger charge is -2.11. The Kier molecular flexibility index (Phi) is 5.39. The van der Waals surface area contributed by atoms with Crippen LogP contribution >= 0.6 is 0 Å². The number of aromatic nitrogens is 1. The lowest BCUT2D eigenvalue weighted by molar-refractivity contribution is -0.138. The number of anilines is 2. The molecule has 1 heterocycles. The molecule has 7 nitrogen and oxygen atoms in total. The van der Waals surface area contributed by atoms with Crippen molar-refractivity contribution in [2.24, 2.45) is 0 Å². The van der Waals surface area contributed by atoms with Gasteiger partial charge < -0.3 is 20.5 Å². The van der Waals surface area contributed by atoms with Crippen molar-refractivity contribution in [1.29, 1.82) is 0 Å². The fraction of sp³-hybridized carbons (Fsp3) is 0.278. The number of amides is 3. The van der Waals surface area contributed by atoms with Crippen molar-refractivity contribution in [2.75, 3.05) is 10.6 Å². The molecule has 0 unspecified atom stereocenters. The maximum atomic E-state index is 12.7. The van der Waals surface area contributed by atoms with Crippen molar-refractivity contribution in [2.45, 2.75) is 31.6 Å². The molecule has 3 rings (SSSR count). The average Bonchev–Trinajstić information content (AvgIpc) is 3.41. The molecule has 1 aliphatic carbocycles. The number of halogens is 3. The van der Waals surface area contributed by atoms with Gasteiger partial charge in [0.2, 0.25) is 5.91 Å². The van der Waals surface area contributed by atoms with Crippen LogP contribution in [0.15, 0.2) is 47.4 Å². The van der Waals surface area contributed by atoms with E-state index in [0.717, 1.165) is 18.9 Å². The number of carbonyl (C=O) groups is 2. The molecule has 0 spiro atoms. The van der Waals surface area contributed by atoms with E-state index in [1.165, 1.54) is 12.1 Å². The number of benzene rings is 1. The first kappa shape index (κ1) is 19.5. The van der Waals surface area contributed by atoms with Gasteiger partial charge in [-0.2, -0.15) is 13.2 Å². The number of rotatable bonds is 5. The van der Waals surface area contributed by atoms with Gasteiger partial charge in [0.1, 0.15) is 6.54 Å². The minimum Gasteiger partial charge on any atom is -0.335 e. The van der Waals surface area contributed by atoms with E-state index in [2.05, 4.69) is 16.0 Å². The molecule has 1 saturated carbocycles. The summed E-state index contributed by atoms with van der Waals surface area (Å²) in [5, 5.41) is 7.90. The van der Waals surface area contributed by atoms with E-state index >= 15 is 0 Å². The summed E-state index contributed by atoms with van der Waals surface area (Å²) < 4.78 is 38.9. The third kappa shape index (κ3) is 5.35. The summed E-state index contributed by atoms with van der Waals surface area (Å²) in [6.07, 6.45) is -2.07. The molecule has 0 saturated heterocycles. The Bertz CT molecular complexity index is 934. The summed E-state index contributed by atoms with van der Waals surface area (Å²) >= 11 is 0. The largest absolute Gasteiger partial charge is 0.417 e.